The lowest BCUT2D eigenvalue weighted by Crippen LogP contribution is -2.39. The maximum absolute atomic E-state index is 11.5. The van der Waals surface area contributed by atoms with Crippen LogP contribution in [0.2, 0.25) is 0 Å². The van der Waals surface area contributed by atoms with Crippen molar-refractivity contribution in [3.05, 3.63) is 0 Å². The van der Waals surface area contributed by atoms with E-state index in [1.165, 1.54) is 25.7 Å². The molecule has 2 N–H and O–H groups in total. The van der Waals surface area contributed by atoms with Gasteiger partial charge in [0.25, 0.3) is 0 Å². The molecule has 0 heterocycles. The number of hydrogen-bond acceptors (Lipinski definition) is 6. The number of carbonyl (C=O) groups excluding carboxylic acids is 1. The van der Waals surface area contributed by atoms with Gasteiger partial charge in [-0.15, -0.1) is 0 Å². The molecule has 0 spiro atoms. The van der Waals surface area contributed by atoms with E-state index < -0.39 is 31.0 Å². The minimum Gasteiger partial charge on any atom is -0.480 e. The van der Waals surface area contributed by atoms with Crippen molar-refractivity contribution in [1.29, 1.82) is 0 Å². The van der Waals surface area contributed by atoms with E-state index in [9.17, 15) is 14.4 Å². The van der Waals surface area contributed by atoms with Crippen LogP contribution in [0.4, 0.5) is 0 Å². The number of esters is 1. The Kier molecular flexibility index (Phi) is 13.9. The number of rotatable bonds is 16. The molecule has 0 aromatic heterocycles. The molecule has 8 nitrogen and oxygen atoms in total. The van der Waals surface area contributed by atoms with Gasteiger partial charge in [-0.3, -0.25) is 19.3 Å². The number of unbranched alkanes of at least 4 members (excludes halogenated alkanes) is 5. The van der Waals surface area contributed by atoms with E-state index in [0.717, 1.165) is 17.7 Å². The quantitative estimate of drug-likeness (QED) is 0.318. The normalized spacial score (nSPS) is 10.8. The van der Waals surface area contributed by atoms with Gasteiger partial charge in [-0.2, -0.15) is 0 Å². The Morgan fingerprint density at radius 1 is 0.792 bits per heavy atom. The summed E-state index contributed by atoms with van der Waals surface area (Å²) in [6.45, 7) is 1.70. The molecule has 8 heteroatoms. The molecule has 24 heavy (non-hydrogen) atoms. The fourth-order valence-electron chi connectivity index (χ4n) is 2.08. The Bertz CT molecular complexity index is 357. The lowest BCUT2D eigenvalue weighted by atomic mass is 10.1. The lowest BCUT2D eigenvalue weighted by molar-refractivity contribution is -0.149. The Labute approximate surface area is 142 Å². The number of carboxylic acids is 2. The number of nitrogens with zero attached hydrogens (tertiary/aromatic N) is 1. The Morgan fingerprint density at radius 3 is 1.96 bits per heavy atom. The fraction of sp³-hybridized carbons (Fsp3) is 0.812. The van der Waals surface area contributed by atoms with E-state index in [0.29, 0.717) is 6.61 Å². The first-order valence-electron chi connectivity index (χ1n) is 8.35. The lowest BCUT2D eigenvalue weighted by Gasteiger charge is -2.16. The third-order valence-electron chi connectivity index (χ3n) is 3.20. The molecule has 0 aromatic rings. The molecular weight excluding hydrogens is 318 g/mol. The summed E-state index contributed by atoms with van der Waals surface area (Å²) in [5, 5.41) is 17.3. The molecule has 0 aromatic carbocycles. The highest BCUT2D eigenvalue weighted by molar-refractivity contribution is 5.76. The smallest absolute Gasteiger partial charge is 0.320 e. The van der Waals surface area contributed by atoms with Crippen molar-refractivity contribution in [3.8, 4) is 0 Å². The maximum Gasteiger partial charge on any atom is 0.320 e. The van der Waals surface area contributed by atoms with Crippen molar-refractivity contribution in [1.82, 2.24) is 4.90 Å². The van der Waals surface area contributed by atoms with Crippen molar-refractivity contribution in [3.63, 3.8) is 0 Å². The zero-order valence-electron chi connectivity index (χ0n) is 14.4. The summed E-state index contributed by atoms with van der Waals surface area (Å²) in [5.74, 6) is -3.07. The first kappa shape index (κ1) is 22.3. The summed E-state index contributed by atoms with van der Waals surface area (Å²) in [6, 6.07) is 0. The van der Waals surface area contributed by atoms with Crippen LogP contribution >= 0.6 is 0 Å². The molecule has 0 atom stereocenters. The van der Waals surface area contributed by atoms with Gasteiger partial charge in [-0.05, 0) is 6.42 Å². The van der Waals surface area contributed by atoms with Crippen LogP contribution in [0, 0.1) is 0 Å². The van der Waals surface area contributed by atoms with Crippen molar-refractivity contribution >= 4 is 17.9 Å². The minimum atomic E-state index is -1.20. The summed E-state index contributed by atoms with van der Waals surface area (Å²) in [4.78, 5) is 33.8. The largest absolute Gasteiger partial charge is 0.480 e. The van der Waals surface area contributed by atoms with E-state index in [4.69, 9.17) is 19.7 Å². The van der Waals surface area contributed by atoms with Crippen molar-refractivity contribution in [2.75, 3.05) is 39.5 Å². The van der Waals surface area contributed by atoms with Crippen molar-refractivity contribution in [2.45, 2.75) is 45.4 Å². The molecule has 0 bridgehead atoms. The van der Waals surface area contributed by atoms with Gasteiger partial charge in [0, 0.05) is 6.61 Å². The molecule has 0 amide bonds. The summed E-state index contributed by atoms with van der Waals surface area (Å²) in [6.07, 6.45) is 7.03. The molecular formula is C16H29NO7. The highest BCUT2D eigenvalue weighted by Gasteiger charge is 2.17. The molecule has 0 aliphatic rings. The van der Waals surface area contributed by atoms with Gasteiger partial charge in [0.15, 0.2) is 0 Å². The van der Waals surface area contributed by atoms with Gasteiger partial charge in [-0.1, -0.05) is 39.0 Å². The van der Waals surface area contributed by atoms with Crippen LogP contribution in [0.3, 0.4) is 0 Å². The minimum absolute atomic E-state index is 0.0721. The molecule has 0 saturated carbocycles. The second kappa shape index (κ2) is 14.9. The highest BCUT2D eigenvalue weighted by Crippen LogP contribution is 2.04. The molecule has 0 saturated heterocycles. The second-order valence-corrected chi connectivity index (χ2v) is 5.53. The molecule has 0 rings (SSSR count). The summed E-state index contributed by atoms with van der Waals surface area (Å²) in [7, 11) is 0. The van der Waals surface area contributed by atoms with Crippen molar-refractivity contribution in [2.24, 2.45) is 0 Å². The van der Waals surface area contributed by atoms with E-state index in [2.05, 4.69) is 6.92 Å². The number of hydrogen-bond donors (Lipinski definition) is 2. The first-order chi connectivity index (χ1) is 11.5. The van der Waals surface area contributed by atoms with Gasteiger partial charge in [0.2, 0.25) is 0 Å². The maximum atomic E-state index is 11.5. The predicted octanol–water partition coefficient (Wildman–Crippen LogP) is 1.38. The number of carbonyl (C=O) groups is 3. The van der Waals surface area contributed by atoms with Crippen LogP contribution in [0.15, 0.2) is 0 Å². The molecule has 0 unspecified atom stereocenters. The van der Waals surface area contributed by atoms with Gasteiger partial charge < -0.3 is 19.7 Å². The van der Waals surface area contributed by atoms with Gasteiger partial charge in [-0.25, -0.2) is 0 Å². The SMILES string of the molecule is CCCCCCCCOCCOC(=O)CN(CC(=O)O)CC(=O)O. The number of aliphatic carboxylic acids is 2. The molecule has 0 aliphatic carbocycles. The Hall–Kier alpha value is -1.67. The van der Waals surface area contributed by atoms with Crippen LogP contribution in [-0.4, -0.2) is 72.5 Å². The molecule has 140 valence electrons. The average molecular weight is 347 g/mol. The van der Waals surface area contributed by atoms with E-state index in [1.54, 1.807) is 0 Å². The second-order valence-electron chi connectivity index (χ2n) is 5.53. The van der Waals surface area contributed by atoms with Crippen LogP contribution in [0.25, 0.3) is 0 Å². The summed E-state index contributed by atoms with van der Waals surface area (Å²) in [5.41, 5.74) is 0. The molecule has 0 fully saturated rings. The standard InChI is InChI=1S/C16H29NO7/c1-2-3-4-5-6-7-8-23-9-10-24-16(22)13-17(11-14(18)19)12-15(20)21/h2-13H2,1H3,(H,18,19)(H,20,21). The summed E-state index contributed by atoms with van der Waals surface area (Å²) >= 11 is 0. The molecule has 0 radical (unpaired) electrons. The van der Waals surface area contributed by atoms with Crippen LogP contribution in [0.1, 0.15) is 45.4 Å². The van der Waals surface area contributed by atoms with Gasteiger partial charge in [0.1, 0.15) is 6.61 Å². The van der Waals surface area contributed by atoms with E-state index >= 15 is 0 Å². The van der Waals surface area contributed by atoms with Crippen LogP contribution in [0.5, 0.6) is 0 Å². The highest BCUT2D eigenvalue weighted by atomic mass is 16.6. The number of carboxylic acid groups (broad SMARTS) is 2. The molecule has 0 aliphatic heterocycles. The van der Waals surface area contributed by atoms with Crippen LogP contribution < -0.4 is 0 Å². The Balaban J connectivity index is 3.65. The van der Waals surface area contributed by atoms with E-state index in [-0.39, 0.29) is 19.8 Å². The fourth-order valence-corrected chi connectivity index (χ4v) is 2.08. The topological polar surface area (TPSA) is 113 Å². The van der Waals surface area contributed by atoms with Gasteiger partial charge >= 0.3 is 17.9 Å². The third-order valence-corrected chi connectivity index (χ3v) is 3.20. The van der Waals surface area contributed by atoms with Gasteiger partial charge in [0.05, 0.1) is 26.2 Å². The first-order valence-corrected chi connectivity index (χ1v) is 8.35. The zero-order chi connectivity index (χ0) is 18.2. The average Bonchev–Trinajstić information content (AvgIpc) is 2.47. The summed E-state index contributed by atoms with van der Waals surface area (Å²) < 4.78 is 10.2. The monoisotopic (exact) mass is 347 g/mol. The predicted molar refractivity (Wildman–Crippen MR) is 86.9 cm³/mol. The van der Waals surface area contributed by atoms with Crippen LogP contribution in [-0.2, 0) is 23.9 Å². The third kappa shape index (κ3) is 15.2. The number of ether oxygens (including phenoxy) is 2. The zero-order valence-corrected chi connectivity index (χ0v) is 14.4. The van der Waals surface area contributed by atoms with E-state index in [1.807, 2.05) is 0 Å². The van der Waals surface area contributed by atoms with Crippen molar-refractivity contribution < 1.29 is 34.1 Å². The Morgan fingerprint density at radius 2 is 1.38 bits per heavy atom.